The monoisotopic (exact) mass is 276 g/mol. The summed E-state index contributed by atoms with van der Waals surface area (Å²) in [6.45, 7) is 10.4. The van der Waals surface area contributed by atoms with E-state index in [2.05, 4.69) is 55.3 Å². The van der Waals surface area contributed by atoms with Crippen molar-refractivity contribution in [3.63, 3.8) is 0 Å². The fourth-order valence-corrected chi connectivity index (χ4v) is 2.87. The van der Waals surface area contributed by atoms with E-state index in [-0.39, 0.29) is 0 Å². The summed E-state index contributed by atoms with van der Waals surface area (Å²) in [5.74, 6) is 1.62. The van der Waals surface area contributed by atoms with Crippen LogP contribution in [-0.4, -0.2) is 37.7 Å². The van der Waals surface area contributed by atoms with Gasteiger partial charge in [0.25, 0.3) is 0 Å². The van der Waals surface area contributed by atoms with E-state index in [0.717, 1.165) is 25.4 Å². The molecular formula is C17H28N2O. The number of hydrogen-bond donors (Lipinski definition) is 1. The van der Waals surface area contributed by atoms with E-state index in [0.29, 0.717) is 18.0 Å². The number of benzene rings is 1. The lowest BCUT2D eigenvalue weighted by Gasteiger charge is -2.35. The third kappa shape index (κ3) is 3.97. The van der Waals surface area contributed by atoms with Crippen LogP contribution >= 0.6 is 0 Å². The third-order valence-electron chi connectivity index (χ3n) is 4.36. The zero-order valence-corrected chi connectivity index (χ0v) is 13.2. The molecule has 0 radical (unpaired) electrons. The van der Waals surface area contributed by atoms with Crippen molar-refractivity contribution in [3.8, 4) is 5.75 Å². The van der Waals surface area contributed by atoms with Crippen LogP contribution in [0.3, 0.4) is 0 Å². The smallest absolute Gasteiger partial charge is 0.118 e. The first-order valence-corrected chi connectivity index (χ1v) is 7.71. The summed E-state index contributed by atoms with van der Waals surface area (Å²) in [6, 6.07) is 9.58. The standard InChI is InChI=1S/C17H28N2O/c1-13-11-18-14(2)9-10-19(12-13)15(3)16-5-7-17(20-4)8-6-16/h5-8,13-15,18H,9-12H2,1-4H3. The van der Waals surface area contributed by atoms with Crippen molar-refractivity contribution >= 4 is 0 Å². The topological polar surface area (TPSA) is 24.5 Å². The third-order valence-corrected chi connectivity index (χ3v) is 4.36. The fraction of sp³-hybridized carbons (Fsp3) is 0.647. The van der Waals surface area contributed by atoms with Crippen LogP contribution in [0, 0.1) is 5.92 Å². The molecule has 3 heteroatoms. The summed E-state index contributed by atoms with van der Waals surface area (Å²) in [5, 5.41) is 3.61. The average Bonchev–Trinajstić information content (AvgIpc) is 2.47. The molecule has 0 saturated carbocycles. The van der Waals surface area contributed by atoms with E-state index in [1.54, 1.807) is 7.11 Å². The Bertz CT molecular complexity index is 404. The van der Waals surface area contributed by atoms with Gasteiger partial charge in [0.1, 0.15) is 5.75 Å². The number of nitrogens with one attached hydrogen (secondary N) is 1. The highest BCUT2D eigenvalue weighted by Crippen LogP contribution is 2.24. The molecule has 0 aliphatic carbocycles. The number of rotatable bonds is 3. The van der Waals surface area contributed by atoms with Crippen molar-refractivity contribution < 1.29 is 4.74 Å². The van der Waals surface area contributed by atoms with Crippen molar-refractivity contribution in [3.05, 3.63) is 29.8 Å². The van der Waals surface area contributed by atoms with Crippen molar-refractivity contribution in [2.75, 3.05) is 26.7 Å². The SMILES string of the molecule is COc1ccc(C(C)N2CCC(C)NCC(C)C2)cc1. The molecule has 1 aliphatic rings. The molecule has 3 atom stereocenters. The second-order valence-corrected chi connectivity index (χ2v) is 6.15. The van der Waals surface area contributed by atoms with E-state index >= 15 is 0 Å². The summed E-state index contributed by atoms with van der Waals surface area (Å²) in [5.41, 5.74) is 1.37. The zero-order chi connectivity index (χ0) is 14.5. The lowest BCUT2D eigenvalue weighted by molar-refractivity contribution is 0.156. The Kier molecular flexibility index (Phi) is 5.44. The predicted octanol–water partition coefficient (Wildman–Crippen LogP) is 3.08. The van der Waals surface area contributed by atoms with Crippen molar-refractivity contribution in [1.29, 1.82) is 0 Å². The normalized spacial score (nSPS) is 26.6. The van der Waals surface area contributed by atoms with Crippen molar-refractivity contribution in [2.45, 2.75) is 39.3 Å². The molecule has 20 heavy (non-hydrogen) atoms. The van der Waals surface area contributed by atoms with Crippen molar-refractivity contribution in [1.82, 2.24) is 10.2 Å². The summed E-state index contributed by atoms with van der Waals surface area (Å²) in [6.07, 6.45) is 1.22. The van der Waals surface area contributed by atoms with E-state index in [9.17, 15) is 0 Å². The molecule has 1 N–H and O–H groups in total. The molecule has 1 aliphatic heterocycles. The Hall–Kier alpha value is -1.06. The molecule has 2 rings (SSSR count). The minimum atomic E-state index is 0.466. The van der Waals surface area contributed by atoms with Crippen LogP contribution in [0.25, 0.3) is 0 Å². The Morgan fingerprint density at radius 1 is 1.25 bits per heavy atom. The molecule has 1 aromatic rings. The van der Waals surface area contributed by atoms with Gasteiger partial charge in [-0.1, -0.05) is 19.1 Å². The molecule has 3 unspecified atom stereocenters. The summed E-state index contributed by atoms with van der Waals surface area (Å²) in [7, 11) is 1.72. The van der Waals surface area contributed by atoms with Crippen LogP contribution in [0.1, 0.15) is 38.8 Å². The van der Waals surface area contributed by atoms with Gasteiger partial charge in [-0.25, -0.2) is 0 Å². The van der Waals surface area contributed by atoms with Gasteiger partial charge in [0, 0.05) is 25.2 Å². The lowest BCUT2D eigenvalue weighted by atomic mass is 10.0. The second kappa shape index (κ2) is 7.09. The van der Waals surface area contributed by atoms with Gasteiger partial charge in [-0.05, 0) is 50.4 Å². The average molecular weight is 276 g/mol. The first-order chi connectivity index (χ1) is 9.60. The molecule has 1 heterocycles. The Labute approximate surface area is 123 Å². The van der Waals surface area contributed by atoms with Crippen molar-refractivity contribution in [2.24, 2.45) is 5.92 Å². The van der Waals surface area contributed by atoms with Gasteiger partial charge < -0.3 is 10.1 Å². The highest BCUT2D eigenvalue weighted by Gasteiger charge is 2.21. The number of hydrogen-bond acceptors (Lipinski definition) is 3. The number of nitrogens with zero attached hydrogens (tertiary/aromatic N) is 1. The second-order valence-electron chi connectivity index (χ2n) is 6.15. The van der Waals surface area contributed by atoms with Crippen LogP contribution in [-0.2, 0) is 0 Å². The number of ether oxygens (including phenoxy) is 1. The van der Waals surface area contributed by atoms with Crippen LogP contribution in [0.5, 0.6) is 5.75 Å². The first-order valence-electron chi connectivity index (χ1n) is 7.71. The number of methoxy groups -OCH3 is 1. The quantitative estimate of drug-likeness (QED) is 0.918. The predicted molar refractivity (Wildman–Crippen MR) is 84.2 cm³/mol. The van der Waals surface area contributed by atoms with Gasteiger partial charge in [0.15, 0.2) is 0 Å². The highest BCUT2D eigenvalue weighted by molar-refractivity contribution is 5.28. The molecular weight excluding hydrogens is 248 g/mol. The maximum absolute atomic E-state index is 5.24. The van der Waals surface area contributed by atoms with Crippen LogP contribution in [0.15, 0.2) is 24.3 Å². The maximum Gasteiger partial charge on any atom is 0.118 e. The largest absolute Gasteiger partial charge is 0.497 e. The first kappa shape index (κ1) is 15.3. The van der Waals surface area contributed by atoms with Gasteiger partial charge >= 0.3 is 0 Å². The molecule has 0 bridgehead atoms. The minimum Gasteiger partial charge on any atom is -0.497 e. The van der Waals surface area contributed by atoms with Gasteiger partial charge in [0.2, 0.25) is 0 Å². The van der Waals surface area contributed by atoms with Gasteiger partial charge in [-0.3, -0.25) is 4.90 Å². The molecule has 1 fully saturated rings. The van der Waals surface area contributed by atoms with E-state index in [1.165, 1.54) is 12.0 Å². The molecule has 1 aromatic carbocycles. The van der Waals surface area contributed by atoms with E-state index < -0.39 is 0 Å². The summed E-state index contributed by atoms with van der Waals surface area (Å²) in [4.78, 5) is 2.61. The Balaban J connectivity index is 2.06. The van der Waals surface area contributed by atoms with Gasteiger partial charge in [-0.15, -0.1) is 0 Å². The van der Waals surface area contributed by atoms with Gasteiger partial charge in [-0.2, -0.15) is 0 Å². The molecule has 0 spiro atoms. The summed E-state index contributed by atoms with van der Waals surface area (Å²) >= 11 is 0. The maximum atomic E-state index is 5.24. The molecule has 1 saturated heterocycles. The highest BCUT2D eigenvalue weighted by atomic mass is 16.5. The summed E-state index contributed by atoms with van der Waals surface area (Å²) < 4.78 is 5.24. The van der Waals surface area contributed by atoms with Crippen LogP contribution in [0.4, 0.5) is 0 Å². The van der Waals surface area contributed by atoms with E-state index in [4.69, 9.17) is 4.74 Å². The zero-order valence-electron chi connectivity index (χ0n) is 13.2. The van der Waals surface area contributed by atoms with Crippen LogP contribution in [0.2, 0.25) is 0 Å². The molecule has 0 aromatic heterocycles. The Morgan fingerprint density at radius 3 is 2.60 bits per heavy atom. The minimum absolute atomic E-state index is 0.466. The molecule has 0 amide bonds. The molecule has 3 nitrogen and oxygen atoms in total. The fourth-order valence-electron chi connectivity index (χ4n) is 2.87. The van der Waals surface area contributed by atoms with Gasteiger partial charge in [0.05, 0.1) is 7.11 Å². The Morgan fingerprint density at radius 2 is 1.95 bits per heavy atom. The van der Waals surface area contributed by atoms with E-state index in [1.807, 2.05) is 0 Å². The lowest BCUT2D eigenvalue weighted by Crippen LogP contribution is -2.43. The molecule has 112 valence electrons. The van der Waals surface area contributed by atoms with Crippen LogP contribution < -0.4 is 10.1 Å².